The molecule has 0 unspecified atom stereocenters. The van der Waals surface area contributed by atoms with Crippen molar-refractivity contribution in [1.29, 1.82) is 0 Å². The van der Waals surface area contributed by atoms with Gasteiger partial charge in [-0.1, -0.05) is 67.1 Å². The normalized spacial score (nSPS) is 20.8. The number of imide groups is 1. The molecular formula is C35H38BNO8. The van der Waals surface area contributed by atoms with Gasteiger partial charge in [-0.15, -0.1) is 0 Å². The number of anilines is 1. The molecule has 2 aliphatic rings. The highest BCUT2D eigenvalue weighted by atomic mass is 16.5. The number of phenols is 1. The summed E-state index contributed by atoms with van der Waals surface area (Å²) in [7, 11) is -1.77. The van der Waals surface area contributed by atoms with Gasteiger partial charge in [-0.3, -0.25) is 14.5 Å². The molecule has 1 aliphatic heterocycles. The average molecular weight is 612 g/mol. The van der Waals surface area contributed by atoms with E-state index in [0.29, 0.717) is 41.7 Å². The van der Waals surface area contributed by atoms with Gasteiger partial charge < -0.3 is 30.1 Å². The molecule has 1 aliphatic carbocycles. The Morgan fingerprint density at radius 2 is 1.76 bits per heavy atom. The van der Waals surface area contributed by atoms with Gasteiger partial charge in [0.1, 0.15) is 18.1 Å². The third kappa shape index (κ3) is 6.89. The molecular weight excluding hydrogens is 573 g/mol. The van der Waals surface area contributed by atoms with Gasteiger partial charge in [-0.2, -0.15) is 0 Å². The lowest BCUT2D eigenvalue weighted by atomic mass is 9.68. The summed E-state index contributed by atoms with van der Waals surface area (Å²) < 4.78 is 6.07. The average Bonchev–Trinajstić information content (AvgIpc) is 3.31. The zero-order valence-electron chi connectivity index (χ0n) is 25.1. The Kier molecular flexibility index (Phi) is 10.2. The van der Waals surface area contributed by atoms with Crippen molar-refractivity contribution in [2.24, 2.45) is 17.8 Å². The standard InChI is InChI=1S/C35H38BNO8/c1-2-22(17-23-9-6-7-14-30(23)39)15-16-31(40)32-24(21-45-27-12-4-3-5-13-27)18-28-33(29(32)20-38)35(42)37(34(28)41)26-11-8-10-25(19-26)36(43)44/h3-14,17,19,28-29,31,33,38-40,43-44H,2,15-16,18,20-21H2,1H3/b22-17+/t28-,29+,31-,33-/m1/s1. The highest BCUT2D eigenvalue weighted by Crippen LogP contribution is 2.47. The Morgan fingerprint density at radius 3 is 2.44 bits per heavy atom. The number of amides is 2. The number of ether oxygens (including phenoxy) is 1. The molecule has 3 aromatic rings. The van der Waals surface area contributed by atoms with Gasteiger partial charge in [0.15, 0.2) is 0 Å². The van der Waals surface area contributed by atoms with E-state index in [2.05, 4.69) is 0 Å². The van der Waals surface area contributed by atoms with E-state index in [4.69, 9.17) is 4.74 Å². The molecule has 0 aromatic heterocycles. The number of rotatable bonds is 12. The van der Waals surface area contributed by atoms with Crippen molar-refractivity contribution >= 4 is 36.2 Å². The summed E-state index contributed by atoms with van der Waals surface area (Å²) in [5.74, 6) is -2.69. The maximum Gasteiger partial charge on any atom is 0.488 e. The summed E-state index contributed by atoms with van der Waals surface area (Å²) in [6, 6.07) is 22.1. The lowest BCUT2D eigenvalue weighted by Gasteiger charge is -2.36. The minimum absolute atomic E-state index is 0.0676. The first-order chi connectivity index (χ1) is 21.7. The van der Waals surface area contributed by atoms with Crippen molar-refractivity contribution in [2.75, 3.05) is 18.1 Å². The van der Waals surface area contributed by atoms with Crippen LogP contribution in [0, 0.1) is 17.8 Å². The lowest BCUT2D eigenvalue weighted by Crippen LogP contribution is -2.40. The van der Waals surface area contributed by atoms with Gasteiger partial charge in [-0.05, 0) is 72.6 Å². The summed E-state index contributed by atoms with van der Waals surface area (Å²) in [5, 5.41) is 52.0. The molecule has 1 heterocycles. The van der Waals surface area contributed by atoms with Crippen molar-refractivity contribution in [3.05, 3.63) is 101 Å². The van der Waals surface area contributed by atoms with Crippen LogP contribution in [0.4, 0.5) is 5.69 Å². The van der Waals surface area contributed by atoms with E-state index < -0.39 is 49.4 Å². The first-order valence-electron chi connectivity index (χ1n) is 15.2. The third-order valence-electron chi connectivity index (χ3n) is 8.81. The fourth-order valence-electron chi connectivity index (χ4n) is 6.52. The summed E-state index contributed by atoms with van der Waals surface area (Å²) in [5.41, 5.74) is 3.22. The number of aromatic hydroxyl groups is 1. The summed E-state index contributed by atoms with van der Waals surface area (Å²) >= 11 is 0. The number of para-hydroxylation sites is 2. The Morgan fingerprint density at radius 1 is 1.02 bits per heavy atom. The van der Waals surface area contributed by atoms with Crippen molar-refractivity contribution in [3.63, 3.8) is 0 Å². The number of hydrogen-bond donors (Lipinski definition) is 5. The quantitative estimate of drug-likeness (QED) is 0.119. The molecule has 10 heteroatoms. The molecule has 9 nitrogen and oxygen atoms in total. The van der Waals surface area contributed by atoms with Crippen LogP contribution >= 0.6 is 0 Å². The fourth-order valence-corrected chi connectivity index (χ4v) is 6.52. The number of fused-ring (bicyclic) bond motifs is 1. The van der Waals surface area contributed by atoms with E-state index in [9.17, 15) is 35.0 Å². The van der Waals surface area contributed by atoms with Crippen molar-refractivity contribution in [2.45, 2.75) is 38.7 Å². The SMILES string of the molecule is CC/C(=C\c1ccccc1O)CC[C@@H](O)C1=C(COc2ccccc2)C[C@H]2C(=O)N(c3cccc(B(O)O)c3)C(=O)[C@H]2[C@H]1CO. The van der Waals surface area contributed by atoms with Crippen LogP contribution < -0.4 is 15.1 Å². The molecule has 234 valence electrons. The van der Waals surface area contributed by atoms with Gasteiger partial charge in [0.25, 0.3) is 0 Å². The molecule has 2 amide bonds. The number of allylic oxidation sites excluding steroid dienone is 1. The zero-order chi connectivity index (χ0) is 32.1. The first kappa shape index (κ1) is 32.2. The fraction of sp³-hybridized carbons (Fsp3) is 0.314. The van der Waals surface area contributed by atoms with Crippen LogP contribution in [0.1, 0.15) is 38.2 Å². The van der Waals surface area contributed by atoms with Gasteiger partial charge in [0.2, 0.25) is 11.8 Å². The second-order valence-corrected chi connectivity index (χ2v) is 11.5. The Labute approximate surface area is 262 Å². The Balaban J connectivity index is 1.46. The van der Waals surface area contributed by atoms with Crippen LogP contribution in [0.25, 0.3) is 6.08 Å². The first-order valence-corrected chi connectivity index (χ1v) is 15.2. The van der Waals surface area contributed by atoms with Gasteiger partial charge in [0.05, 0.1) is 30.2 Å². The number of hydrogen-bond acceptors (Lipinski definition) is 8. The number of carbonyl (C=O) groups excluding carboxylic acids is 2. The second kappa shape index (κ2) is 14.3. The van der Waals surface area contributed by atoms with Crippen LogP contribution in [0.3, 0.4) is 0 Å². The zero-order valence-corrected chi connectivity index (χ0v) is 25.1. The topological polar surface area (TPSA) is 148 Å². The predicted molar refractivity (Wildman–Crippen MR) is 172 cm³/mol. The molecule has 45 heavy (non-hydrogen) atoms. The number of nitrogens with zero attached hydrogens (tertiary/aromatic N) is 1. The maximum absolute atomic E-state index is 13.9. The predicted octanol–water partition coefficient (Wildman–Crippen LogP) is 3.20. The van der Waals surface area contributed by atoms with Crippen LogP contribution in [0.15, 0.2) is 95.6 Å². The summed E-state index contributed by atoms with van der Waals surface area (Å²) in [4.78, 5) is 28.7. The molecule has 0 saturated carbocycles. The van der Waals surface area contributed by atoms with E-state index in [1.165, 1.54) is 18.2 Å². The molecule has 5 N–H and O–H groups in total. The van der Waals surface area contributed by atoms with Crippen molar-refractivity contribution < 1.29 is 39.7 Å². The van der Waals surface area contributed by atoms with Gasteiger partial charge >= 0.3 is 7.12 Å². The highest BCUT2D eigenvalue weighted by molar-refractivity contribution is 6.58. The van der Waals surface area contributed by atoms with E-state index in [1.54, 1.807) is 30.3 Å². The van der Waals surface area contributed by atoms with Crippen LogP contribution in [0.2, 0.25) is 0 Å². The molecule has 1 fully saturated rings. The number of phenolic OH excluding ortho intramolecular Hbond substituents is 1. The van der Waals surface area contributed by atoms with E-state index in [1.807, 2.05) is 43.3 Å². The van der Waals surface area contributed by atoms with E-state index >= 15 is 0 Å². The van der Waals surface area contributed by atoms with Crippen LogP contribution in [-0.2, 0) is 9.59 Å². The van der Waals surface area contributed by atoms with Crippen LogP contribution in [0.5, 0.6) is 11.5 Å². The van der Waals surface area contributed by atoms with Gasteiger partial charge in [0, 0.05) is 11.5 Å². The molecule has 4 atom stereocenters. The van der Waals surface area contributed by atoms with E-state index in [-0.39, 0.29) is 29.9 Å². The number of aliphatic hydroxyl groups is 2. The van der Waals surface area contributed by atoms with Gasteiger partial charge in [-0.25, -0.2) is 0 Å². The lowest BCUT2D eigenvalue weighted by molar-refractivity contribution is -0.123. The van der Waals surface area contributed by atoms with Crippen LogP contribution in [-0.4, -0.2) is 63.6 Å². The number of carbonyl (C=O) groups is 2. The Hall–Kier alpha value is -4.22. The number of benzene rings is 3. The number of aliphatic hydroxyl groups excluding tert-OH is 2. The van der Waals surface area contributed by atoms with Crippen molar-refractivity contribution in [1.82, 2.24) is 0 Å². The second-order valence-electron chi connectivity index (χ2n) is 11.5. The third-order valence-corrected chi connectivity index (χ3v) is 8.81. The van der Waals surface area contributed by atoms with Crippen molar-refractivity contribution in [3.8, 4) is 11.5 Å². The summed E-state index contributed by atoms with van der Waals surface area (Å²) in [6.07, 6.45) is 2.55. The Bertz CT molecular complexity index is 1590. The smallest absolute Gasteiger partial charge is 0.488 e. The molecule has 0 bridgehead atoms. The highest BCUT2D eigenvalue weighted by Gasteiger charge is 2.55. The minimum Gasteiger partial charge on any atom is -0.507 e. The maximum atomic E-state index is 13.9. The molecule has 0 spiro atoms. The largest absolute Gasteiger partial charge is 0.507 e. The molecule has 0 radical (unpaired) electrons. The summed E-state index contributed by atoms with van der Waals surface area (Å²) in [6.45, 7) is 1.61. The molecule has 5 rings (SSSR count). The monoisotopic (exact) mass is 611 g/mol. The molecule has 1 saturated heterocycles. The molecule has 3 aromatic carbocycles. The van der Waals surface area contributed by atoms with E-state index in [0.717, 1.165) is 10.5 Å². The minimum atomic E-state index is -1.77.